The summed E-state index contributed by atoms with van der Waals surface area (Å²) in [7, 11) is -8.52. The van der Waals surface area contributed by atoms with E-state index in [2.05, 4.69) is 31.9 Å². The second-order valence-electron chi connectivity index (χ2n) is 15.0. The average molecular weight is 965 g/mol. The number of nitrogens with one attached hydrogen (secondary N) is 8. The smallest absolute Gasteiger partial charge is 0.332 e. The largest absolute Gasteiger partial charge is 0.333 e. The third kappa shape index (κ3) is 11.9. The molecule has 336 valence electrons. The zero-order valence-corrected chi connectivity index (χ0v) is 38.4. The molecule has 0 aliphatic rings. The zero-order chi connectivity index (χ0) is 47.0. The van der Waals surface area contributed by atoms with Crippen molar-refractivity contribution in [1.82, 2.24) is 9.44 Å². The van der Waals surface area contributed by atoms with Gasteiger partial charge in [0.25, 0.3) is 20.0 Å². The monoisotopic (exact) mass is 964 g/mol. The highest BCUT2D eigenvalue weighted by Crippen LogP contribution is 2.26. The van der Waals surface area contributed by atoms with E-state index in [-0.39, 0.29) is 20.0 Å². The van der Waals surface area contributed by atoms with Crippen molar-refractivity contribution < 1.29 is 26.4 Å². The summed E-state index contributed by atoms with van der Waals surface area (Å²) in [4.78, 5) is 25.3. The van der Waals surface area contributed by atoms with Gasteiger partial charge in [-0.15, -0.1) is 0 Å². The highest BCUT2D eigenvalue weighted by Gasteiger charge is 2.20. The van der Waals surface area contributed by atoms with Gasteiger partial charge in [-0.2, -0.15) is 0 Å². The van der Waals surface area contributed by atoms with Gasteiger partial charge >= 0.3 is 12.1 Å². The normalized spacial score (nSPS) is 11.2. The molecule has 0 aromatic heterocycles. The topological polar surface area (TPSA) is 199 Å². The number of rotatable bonds is 12. The Bertz CT molecular complexity index is 3170. The van der Waals surface area contributed by atoms with E-state index in [1.807, 2.05) is 94.4 Å². The van der Waals surface area contributed by atoms with E-state index >= 15 is 0 Å². The predicted molar refractivity (Wildman–Crippen MR) is 275 cm³/mol. The Balaban J connectivity index is 0.794. The molecule has 8 aromatic rings. The van der Waals surface area contributed by atoms with Crippen LogP contribution >= 0.6 is 24.4 Å². The lowest BCUT2D eigenvalue weighted by molar-refractivity contribution is 0.255. The molecule has 0 bridgehead atoms. The summed E-state index contributed by atoms with van der Waals surface area (Å²) in [5.74, 6) is 0. The first-order valence-corrected chi connectivity index (χ1v) is 24.2. The quantitative estimate of drug-likeness (QED) is 0.0540. The van der Waals surface area contributed by atoms with E-state index in [9.17, 15) is 26.4 Å². The van der Waals surface area contributed by atoms with Gasteiger partial charge in [-0.25, -0.2) is 35.9 Å². The van der Waals surface area contributed by atoms with E-state index in [1.54, 1.807) is 60.7 Å². The molecular formula is C49H40N8O6S4. The molecule has 0 heterocycles. The summed E-state index contributed by atoms with van der Waals surface area (Å²) in [6.07, 6.45) is 0.484. The first kappa shape index (κ1) is 45.7. The lowest BCUT2D eigenvalue weighted by Gasteiger charge is -2.14. The molecule has 4 amide bonds. The van der Waals surface area contributed by atoms with Gasteiger partial charge in [0, 0.05) is 44.9 Å². The number of amides is 4. The molecule has 0 spiro atoms. The maximum atomic E-state index is 13.2. The molecule has 14 nitrogen and oxygen atoms in total. The minimum absolute atomic E-state index is 0.148. The highest BCUT2D eigenvalue weighted by atomic mass is 32.2. The second kappa shape index (κ2) is 20.1. The summed E-state index contributed by atoms with van der Waals surface area (Å²) in [5.41, 5.74) is 4.85. The van der Waals surface area contributed by atoms with Crippen molar-refractivity contribution in [3.63, 3.8) is 0 Å². The third-order valence-corrected chi connectivity index (χ3v) is 13.2. The van der Waals surface area contributed by atoms with Crippen LogP contribution in [-0.2, 0) is 26.5 Å². The number of carbonyl (C=O) groups excluding carboxylic acids is 2. The fourth-order valence-corrected chi connectivity index (χ4v) is 9.40. The molecule has 0 atom stereocenters. The van der Waals surface area contributed by atoms with E-state index < -0.39 is 32.1 Å². The van der Waals surface area contributed by atoms with E-state index in [0.29, 0.717) is 29.2 Å². The van der Waals surface area contributed by atoms with Crippen LogP contribution in [-0.4, -0.2) is 39.1 Å². The van der Waals surface area contributed by atoms with Crippen LogP contribution < -0.4 is 41.3 Å². The highest BCUT2D eigenvalue weighted by molar-refractivity contribution is 7.90. The molecule has 0 radical (unpaired) electrons. The fraction of sp³-hybridized carbons (Fsp3) is 0.0204. The van der Waals surface area contributed by atoms with Crippen LogP contribution in [0.5, 0.6) is 0 Å². The molecule has 8 aromatic carbocycles. The van der Waals surface area contributed by atoms with Crippen molar-refractivity contribution in [2.75, 3.05) is 31.9 Å². The third-order valence-electron chi connectivity index (χ3n) is 10.2. The summed E-state index contributed by atoms with van der Waals surface area (Å²) in [6.45, 7) is 0. The molecule has 8 rings (SSSR count). The van der Waals surface area contributed by atoms with Crippen LogP contribution in [0.2, 0.25) is 0 Å². The maximum absolute atomic E-state index is 13.2. The molecule has 18 heteroatoms. The standard InChI is InChI=1S/C49H40N8O6S4/c58-46(56-66(60,61)40-15-7-13-38(30-40)52-48(64)54-44-19-5-11-34-9-1-3-17-42(34)44)50-36-25-21-32(22-26-36)29-33-23-27-37(28-24-33)51-47(59)57-67(62,63)41-16-8-14-39(31-41)53-49(65)55-45-20-6-12-35-10-2-4-18-43(35)45/h1-28,30-31H,29H2,(H2,50,56,58)(H2,51,57,59)(H2,52,54,64)(H2,53,55,65). The molecule has 0 saturated heterocycles. The molecule has 67 heavy (non-hydrogen) atoms. The van der Waals surface area contributed by atoms with E-state index in [1.165, 1.54) is 36.4 Å². The van der Waals surface area contributed by atoms with Gasteiger partial charge < -0.3 is 31.9 Å². The Labute approximate surface area is 397 Å². The lowest BCUT2D eigenvalue weighted by Crippen LogP contribution is -2.34. The summed E-state index contributed by atoms with van der Waals surface area (Å²) in [5, 5.41) is 21.9. The molecular weight excluding hydrogens is 925 g/mol. The van der Waals surface area contributed by atoms with E-state index in [0.717, 1.165) is 44.0 Å². The molecule has 0 fully saturated rings. The fourth-order valence-electron chi connectivity index (χ4n) is 7.04. The zero-order valence-electron chi connectivity index (χ0n) is 35.1. The average Bonchev–Trinajstić information content (AvgIpc) is 3.30. The van der Waals surface area contributed by atoms with E-state index in [4.69, 9.17) is 24.4 Å². The Morgan fingerprint density at radius 2 is 0.761 bits per heavy atom. The number of urea groups is 2. The van der Waals surface area contributed by atoms with Gasteiger partial charge in [0.05, 0.1) is 9.79 Å². The molecule has 8 N–H and O–H groups in total. The van der Waals surface area contributed by atoms with Crippen LogP contribution in [0.15, 0.2) is 192 Å². The summed E-state index contributed by atoms with van der Waals surface area (Å²) >= 11 is 11.0. The SMILES string of the molecule is O=C(Nc1ccc(Cc2ccc(NC(=O)NS(=O)(=O)c3cccc(NC(=S)Nc4cccc5ccccc45)c3)cc2)cc1)NS(=O)(=O)c1cccc(NC(=S)Nc2cccc3ccccc23)c1. The number of anilines is 6. The summed E-state index contributed by atoms with van der Waals surface area (Å²) < 4.78 is 56.8. The van der Waals surface area contributed by atoms with Gasteiger partial charge in [0.2, 0.25) is 0 Å². The van der Waals surface area contributed by atoms with Crippen molar-refractivity contribution in [3.8, 4) is 0 Å². The van der Waals surface area contributed by atoms with Crippen LogP contribution in [0.3, 0.4) is 0 Å². The Morgan fingerprint density at radius 1 is 0.388 bits per heavy atom. The Kier molecular flexibility index (Phi) is 13.7. The molecule has 0 aliphatic carbocycles. The lowest BCUT2D eigenvalue weighted by atomic mass is 10.0. The minimum atomic E-state index is -4.26. The van der Waals surface area contributed by atoms with Gasteiger partial charge in [-0.1, -0.05) is 109 Å². The second-order valence-corrected chi connectivity index (χ2v) is 19.1. The van der Waals surface area contributed by atoms with Crippen molar-refractivity contribution in [2.45, 2.75) is 16.2 Å². The van der Waals surface area contributed by atoms with Crippen LogP contribution in [0.25, 0.3) is 21.5 Å². The van der Waals surface area contributed by atoms with Crippen LogP contribution in [0.1, 0.15) is 11.1 Å². The van der Waals surface area contributed by atoms with Crippen molar-refractivity contribution >= 4 is 122 Å². The Hall–Kier alpha value is -7.90. The minimum Gasteiger partial charge on any atom is -0.332 e. The van der Waals surface area contributed by atoms with Crippen LogP contribution in [0.4, 0.5) is 43.7 Å². The predicted octanol–water partition coefficient (Wildman–Crippen LogP) is 10.2. The number of benzene rings is 8. The van der Waals surface area contributed by atoms with Gasteiger partial charge in [0.1, 0.15) is 0 Å². The molecule has 0 saturated carbocycles. The van der Waals surface area contributed by atoms with Gasteiger partial charge in [0.15, 0.2) is 10.2 Å². The molecule has 0 aliphatic heterocycles. The number of fused-ring (bicyclic) bond motifs is 2. The first-order chi connectivity index (χ1) is 32.3. The van der Waals surface area contributed by atoms with Crippen LogP contribution in [0, 0.1) is 0 Å². The summed E-state index contributed by atoms with van der Waals surface area (Å²) in [6, 6.07) is 50.8. The number of hydrogen-bond acceptors (Lipinski definition) is 8. The Morgan fingerprint density at radius 3 is 1.18 bits per heavy atom. The number of sulfonamides is 2. The first-order valence-electron chi connectivity index (χ1n) is 20.4. The van der Waals surface area contributed by atoms with Gasteiger partial charge in [-0.3, -0.25) is 0 Å². The van der Waals surface area contributed by atoms with Crippen molar-refractivity contribution in [3.05, 3.63) is 193 Å². The van der Waals surface area contributed by atoms with Crippen molar-refractivity contribution in [2.24, 2.45) is 0 Å². The van der Waals surface area contributed by atoms with Crippen molar-refractivity contribution in [1.29, 1.82) is 0 Å². The number of carbonyl (C=O) groups is 2. The molecule has 0 unspecified atom stereocenters. The number of hydrogen-bond donors (Lipinski definition) is 8. The van der Waals surface area contributed by atoms with Gasteiger partial charge in [-0.05, 0) is 126 Å². The maximum Gasteiger partial charge on any atom is 0.333 e. The number of thiocarbonyl (C=S) groups is 2.